The van der Waals surface area contributed by atoms with Crippen LogP contribution in [0.1, 0.15) is 31.6 Å². The quantitative estimate of drug-likeness (QED) is 0.325. The van der Waals surface area contributed by atoms with Crippen molar-refractivity contribution < 1.29 is 4.52 Å². The van der Waals surface area contributed by atoms with Crippen molar-refractivity contribution in [2.75, 3.05) is 19.8 Å². The molecule has 0 spiro atoms. The number of nitrogens with one attached hydrogen (secondary N) is 2. The molecule has 0 aliphatic heterocycles. The molecule has 1 aliphatic rings. The molecule has 1 heterocycles. The van der Waals surface area contributed by atoms with Gasteiger partial charge < -0.3 is 15.2 Å². The number of benzene rings is 1. The van der Waals surface area contributed by atoms with Crippen molar-refractivity contribution in [3.8, 4) is 11.4 Å². The van der Waals surface area contributed by atoms with Gasteiger partial charge in [-0.3, -0.25) is 4.99 Å². The van der Waals surface area contributed by atoms with Crippen molar-refractivity contribution in [1.29, 1.82) is 0 Å². The Morgan fingerprint density at radius 3 is 2.82 bits per heavy atom. The maximum absolute atomic E-state index is 5.91. The summed E-state index contributed by atoms with van der Waals surface area (Å²) in [5, 5.41) is 12.4. The molecule has 2 N–H and O–H groups in total. The van der Waals surface area contributed by atoms with Gasteiger partial charge in [-0.05, 0) is 49.8 Å². The Morgan fingerprint density at radius 2 is 2.11 bits per heavy atom. The molecule has 1 aliphatic carbocycles. The van der Waals surface area contributed by atoms with E-state index in [1.165, 1.54) is 25.7 Å². The van der Waals surface area contributed by atoms with Crippen LogP contribution in [0, 0.1) is 0 Å². The monoisotopic (exact) mass is 535 g/mol. The predicted molar refractivity (Wildman–Crippen MR) is 128 cm³/mol. The van der Waals surface area contributed by atoms with Gasteiger partial charge in [-0.2, -0.15) is 16.7 Å². The van der Waals surface area contributed by atoms with Crippen LogP contribution < -0.4 is 10.6 Å². The van der Waals surface area contributed by atoms with Gasteiger partial charge >= 0.3 is 0 Å². The average Bonchev–Trinajstić information content (AvgIpc) is 3.16. The van der Waals surface area contributed by atoms with Crippen molar-refractivity contribution in [3.05, 3.63) is 35.2 Å². The lowest BCUT2D eigenvalue weighted by Gasteiger charge is -2.29. The first-order chi connectivity index (χ1) is 13.2. The van der Waals surface area contributed by atoms with Gasteiger partial charge in [0.25, 0.3) is 0 Å². The number of rotatable bonds is 6. The Balaban J connectivity index is 0.00000280. The Labute approximate surface area is 192 Å². The lowest BCUT2D eigenvalue weighted by molar-refractivity contribution is 0.378. The first-order valence-corrected chi connectivity index (χ1v) is 10.9. The topological polar surface area (TPSA) is 75.3 Å². The van der Waals surface area contributed by atoms with Gasteiger partial charge in [0.1, 0.15) is 0 Å². The Kier molecular flexibility index (Phi) is 9.87. The summed E-state index contributed by atoms with van der Waals surface area (Å²) in [6.45, 7) is 0.681. The molecule has 154 valence electrons. The summed E-state index contributed by atoms with van der Waals surface area (Å²) in [6.07, 6.45) is 7.82. The summed E-state index contributed by atoms with van der Waals surface area (Å²) in [5.41, 5.74) is 0.889. The van der Waals surface area contributed by atoms with Gasteiger partial charge in [0.2, 0.25) is 11.7 Å². The SMILES string of the molecule is CN=C(NCCc1nc(-c2ccc(Cl)cc2)no1)NC1CCCC(SC)C1.I. The van der Waals surface area contributed by atoms with Gasteiger partial charge in [-0.25, -0.2) is 0 Å². The van der Waals surface area contributed by atoms with E-state index in [0.717, 1.165) is 16.8 Å². The van der Waals surface area contributed by atoms with Crippen molar-refractivity contribution in [2.45, 2.75) is 43.4 Å². The molecule has 9 heteroatoms. The number of thioether (sulfide) groups is 1. The number of hydrogen-bond donors (Lipinski definition) is 2. The fourth-order valence-electron chi connectivity index (χ4n) is 3.24. The van der Waals surface area contributed by atoms with Gasteiger partial charge in [0, 0.05) is 41.9 Å². The van der Waals surface area contributed by atoms with Crippen LogP contribution in [0.2, 0.25) is 5.02 Å². The molecule has 0 radical (unpaired) electrons. The molecule has 0 bridgehead atoms. The summed E-state index contributed by atoms with van der Waals surface area (Å²) in [5.74, 6) is 2.01. The largest absolute Gasteiger partial charge is 0.356 e. The van der Waals surface area contributed by atoms with E-state index in [1.807, 2.05) is 36.0 Å². The highest BCUT2D eigenvalue weighted by Gasteiger charge is 2.21. The minimum atomic E-state index is 0. The first kappa shape index (κ1) is 23.3. The number of aliphatic imine (C=N–C) groups is 1. The molecule has 2 unspecified atom stereocenters. The highest BCUT2D eigenvalue weighted by molar-refractivity contribution is 14.0. The smallest absolute Gasteiger partial charge is 0.228 e. The maximum Gasteiger partial charge on any atom is 0.228 e. The molecule has 2 aromatic rings. The normalized spacial score (nSPS) is 19.8. The maximum atomic E-state index is 5.91. The third-order valence-electron chi connectivity index (χ3n) is 4.73. The fraction of sp³-hybridized carbons (Fsp3) is 0.526. The molecule has 28 heavy (non-hydrogen) atoms. The van der Waals surface area contributed by atoms with Crippen LogP contribution in [-0.2, 0) is 6.42 Å². The summed E-state index contributed by atoms with van der Waals surface area (Å²) >= 11 is 7.88. The Hall–Kier alpha value is -1.000. The minimum absolute atomic E-state index is 0. The summed E-state index contributed by atoms with van der Waals surface area (Å²) in [6, 6.07) is 7.89. The lowest BCUT2D eigenvalue weighted by Crippen LogP contribution is -2.46. The summed E-state index contributed by atoms with van der Waals surface area (Å²) in [7, 11) is 1.80. The highest BCUT2D eigenvalue weighted by Crippen LogP contribution is 2.26. The van der Waals surface area contributed by atoms with Crippen LogP contribution in [-0.4, -0.2) is 47.2 Å². The zero-order valence-electron chi connectivity index (χ0n) is 16.2. The number of guanidine groups is 1. The van der Waals surface area contributed by atoms with Crippen molar-refractivity contribution >= 4 is 53.3 Å². The van der Waals surface area contributed by atoms with Gasteiger partial charge in [-0.15, -0.1) is 24.0 Å². The van der Waals surface area contributed by atoms with Crippen molar-refractivity contribution in [2.24, 2.45) is 4.99 Å². The number of hydrogen-bond acceptors (Lipinski definition) is 5. The summed E-state index contributed by atoms with van der Waals surface area (Å²) < 4.78 is 5.35. The number of halogens is 2. The van der Waals surface area contributed by atoms with Gasteiger partial charge in [0.05, 0.1) is 0 Å². The predicted octanol–water partition coefficient (Wildman–Crippen LogP) is 4.39. The molecular formula is C19H27ClIN5OS. The second-order valence-corrected chi connectivity index (χ2v) is 8.21. The third kappa shape index (κ3) is 6.81. The van der Waals surface area contributed by atoms with E-state index in [-0.39, 0.29) is 24.0 Å². The second-order valence-electron chi connectivity index (χ2n) is 6.63. The van der Waals surface area contributed by atoms with E-state index >= 15 is 0 Å². The zero-order chi connectivity index (χ0) is 19.1. The molecule has 1 saturated carbocycles. The van der Waals surface area contributed by atoms with Crippen LogP contribution in [0.25, 0.3) is 11.4 Å². The fourth-order valence-corrected chi connectivity index (χ4v) is 4.19. The van der Waals surface area contributed by atoms with Crippen LogP contribution in [0.4, 0.5) is 0 Å². The van der Waals surface area contributed by atoms with Crippen molar-refractivity contribution in [1.82, 2.24) is 20.8 Å². The first-order valence-electron chi connectivity index (χ1n) is 9.26. The lowest BCUT2D eigenvalue weighted by atomic mass is 9.95. The molecule has 6 nitrogen and oxygen atoms in total. The van der Waals surface area contributed by atoms with Crippen LogP contribution in [0.5, 0.6) is 0 Å². The standard InChI is InChI=1S/C19H26ClN5OS.HI/c1-21-19(23-15-4-3-5-16(12-15)27-2)22-11-10-17-24-18(25-26-17)13-6-8-14(20)9-7-13;/h6-9,15-16H,3-5,10-12H2,1-2H3,(H2,21,22,23);1H. The van der Waals surface area contributed by atoms with E-state index in [2.05, 4.69) is 32.0 Å². The van der Waals surface area contributed by atoms with E-state index in [4.69, 9.17) is 16.1 Å². The molecular weight excluding hydrogens is 509 g/mol. The third-order valence-corrected chi connectivity index (χ3v) is 6.07. The Bertz CT molecular complexity index is 755. The van der Waals surface area contributed by atoms with E-state index in [9.17, 15) is 0 Å². The van der Waals surface area contributed by atoms with Crippen LogP contribution >= 0.6 is 47.3 Å². The summed E-state index contributed by atoms with van der Waals surface area (Å²) in [4.78, 5) is 8.78. The van der Waals surface area contributed by atoms with E-state index < -0.39 is 0 Å². The average molecular weight is 536 g/mol. The van der Waals surface area contributed by atoms with Crippen molar-refractivity contribution in [3.63, 3.8) is 0 Å². The zero-order valence-corrected chi connectivity index (χ0v) is 20.1. The minimum Gasteiger partial charge on any atom is -0.356 e. The molecule has 2 atom stereocenters. The number of aromatic nitrogens is 2. The van der Waals surface area contributed by atoms with Gasteiger partial charge in [-0.1, -0.05) is 23.2 Å². The van der Waals surface area contributed by atoms with Crippen LogP contribution in [0.3, 0.4) is 0 Å². The van der Waals surface area contributed by atoms with E-state index in [1.54, 1.807) is 7.05 Å². The molecule has 1 aromatic heterocycles. The van der Waals surface area contributed by atoms with Crippen LogP contribution in [0.15, 0.2) is 33.8 Å². The van der Waals surface area contributed by atoms with E-state index in [0.29, 0.717) is 35.7 Å². The Morgan fingerprint density at radius 1 is 1.32 bits per heavy atom. The van der Waals surface area contributed by atoms with Gasteiger partial charge in [0.15, 0.2) is 5.96 Å². The molecule has 1 fully saturated rings. The molecule has 1 aromatic carbocycles. The number of nitrogens with zero attached hydrogens (tertiary/aromatic N) is 3. The second kappa shape index (κ2) is 11.9. The molecule has 0 saturated heterocycles. The molecule has 0 amide bonds. The highest BCUT2D eigenvalue weighted by atomic mass is 127. The molecule has 3 rings (SSSR count).